The van der Waals surface area contributed by atoms with E-state index in [1.165, 1.54) is 6.07 Å². The first-order valence-corrected chi connectivity index (χ1v) is 6.85. The summed E-state index contributed by atoms with van der Waals surface area (Å²) >= 11 is 3.17. The van der Waals surface area contributed by atoms with Crippen molar-refractivity contribution in [2.75, 3.05) is 5.32 Å². The Hall–Kier alpha value is -1.88. The minimum absolute atomic E-state index is 0.279. The summed E-state index contributed by atoms with van der Waals surface area (Å²) in [5.41, 5.74) is 8.37. The highest BCUT2D eigenvalue weighted by Crippen LogP contribution is 2.24. The standard InChI is InChI=1S/C15H14BrFN2O/c1-9-6-13(17)12(16)7-14(9)19-8-10-2-4-11(5-3-10)15(18)20/h2-7,19H,8H2,1H3,(H2,18,20). The van der Waals surface area contributed by atoms with Gasteiger partial charge in [0.2, 0.25) is 5.91 Å². The smallest absolute Gasteiger partial charge is 0.248 e. The maximum Gasteiger partial charge on any atom is 0.248 e. The van der Waals surface area contributed by atoms with Gasteiger partial charge in [0.15, 0.2) is 0 Å². The number of primary amides is 1. The molecule has 0 spiro atoms. The molecule has 0 bridgehead atoms. The van der Waals surface area contributed by atoms with Gasteiger partial charge in [-0.25, -0.2) is 4.39 Å². The van der Waals surface area contributed by atoms with Gasteiger partial charge in [0.1, 0.15) is 5.82 Å². The number of rotatable bonds is 4. The van der Waals surface area contributed by atoms with E-state index in [9.17, 15) is 9.18 Å². The lowest BCUT2D eigenvalue weighted by Gasteiger charge is -2.11. The largest absolute Gasteiger partial charge is 0.381 e. The molecule has 0 fully saturated rings. The quantitative estimate of drug-likeness (QED) is 0.896. The van der Waals surface area contributed by atoms with E-state index in [1.807, 2.05) is 19.1 Å². The van der Waals surface area contributed by atoms with Crippen LogP contribution in [0.25, 0.3) is 0 Å². The molecule has 0 heterocycles. The highest BCUT2D eigenvalue weighted by atomic mass is 79.9. The second-order valence-corrected chi connectivity index (χ2v) is 5.35. The number of anilines is 1. The van der Waals surface area contributed by atoms with E-state index in [4.69, 9.17) is 5.73 Å². The van der Waals surface area contributed by atoms with Crippen LogP contribution in [-0.4, -0.2) is 5.91 Å². The summed E-state index contributed by atoms with van der Waals surface area (Å²) in [7, 11) is 0. The van der Waals surface area contributed by atoms with Gasteiger partial charge in [0.05, 0.1) is 4.47 Å². The van der Waals surface area contributed by atoms with E-state index in [0.717, 1.165) is 16.8 Å². The molecule has 0 aromatic heterocycles. The summed E-state index contributed by atoms with van der Waals surface area (Å²) in [6, 6.07) is 10.2. The predicted octanol–water partition coefficient (Wildman–Crippen LogP) is 3.61. The number of aryl methyl sites for hydroxylation is 1. The third-order valence-corrected chi connectivity index (χ3v) is 3.60. The molecule has 3 nitrogen and oxygen atoms in total. The minimum atomic E-state index is -0.442. The molecule has 2 rings (SSSR count). The van der Waals surface area contributed by atoms with Crippen LogP contribution in [0.1, 0.15) is 21.5 Å². The van der Waals surface area contributed by atoms with Crippen molar-refractivity contribution in [3.63, 3.8) is 0 Å². The molecule has 0 saturated heterocycles. The summed E-state index contributed by atoms with van der Waals surface area (Å²) in [5.74, 6) is -0.721. The average molecular weight is 337 g/mol. The zero-order chi connectivity index (χ0) is 14.7. The number of hydrogen-bond acceptors (Lipinski definition) is 2. The van der Waals surface area contributed by atoms with Crippen molar-refractivity contribution in [3.05, 3.63) is 63.4 Å². The second kappa shape index (κ2) is 6.05. The Labute approximate surface area is 125 Å². The monoisotopic (exact) mass is 336 g/mol. The number of halogens is 2. The van der Waals surface area contributed by atoms with Crippen LogP contribution < -0.4 is 11.1 Å². The van der Waals surface area contributed by atoms with Crippen molar-refractivity contribution >= 4 is 27.5 Å². The molecule has 0 aliphatic carbocycles. The normalized spacial score (nSPS) is 10.3. The third kappa shape index (κ3) is 3.36. The first kappa shape index (κ1) is 14.5. The number of carbonyl (C=O) groups is 1. The zero-order valence-corrected chi connectivity index (χ0v) is 12.5. The molecule has 0 saturated carbocycles. The fourth-order valence-corrected chi connectivity index (χ4v) is 2.16. The van der Waals surface area contributed by atoms with E-state index < -0.39 is 5.91 Å². The summed E-state index contributed by atoms with van der Waals surface area (Å²) in [4.78, 5) is 11.0. The van der Waals surface area contributed by atoms with Gasteiger partial charge in [0, 0.05) is 17.8 Å². The van der Waals surface area contributed by atoms with Gasteiger partial charge in [-0.2, -0.15) is 0 Å². The lowest BCUT2D eigenvalue weighted by Crippen LogP contribution is -2.10. The first-order valence-electron chi connectivity index (χ1n) is 6.05. The van der Waals surface area contributed by atoms with E-state index in [-0.39, 0.29) is 5.82 Å². The van der Waals surface area contributed by atoms with E-state index in [0.29, 0.717) is 16.6 Å². The number of amides is 1. The molecule has 3 N–H and O–H groups in total. The molecule has 104 valence electrons. The number of carbonyl (C=O) groups excluding carboxylic acids is 1. The molecule has 0 unspecified atom stereocenters. The van der Waals surface area contributed by atoms with E-state index in [1.54, 1.807) is 18.2 Å². The van der Waals surface area contributed by atoms with Gasteiger partial charge < -0.3 is 11.1 Å². The summed E-state index contributed by atoms with van der Waals surface area (Å²) in [6.07, 6.45) is 0. The van der Waals surface area contributed by atoms with Crippen LogP contribution in [-0.2, 0) is 6.54 Å². The van der Waals surface area contributed by atoms with Crippen molar-refractivity contribution in [3.8, 4) is 0 Å². The van der Waals surface area contributed by atoms with Crippen LogP contribution in [0, 0.1) is 12.7 Å². The molecule has 0 atom stereocenters. The highest BCUT2D eigenvalue weighted by Gasteiger charge is 2.05. The molecule has 2 aromatic rings. The van der Waals surface area contributed by atoms with E-state index >= 15 is 0 Å². The predicted molar refractivity (Wildman–Crippen MR) is 81.1 cm³/mol. The molecule has 5 heteroatoms. The molecule has 0 radical (unpaired) electrons. The molecule has 1 amide bonds. The van der Waals surface area contributed by atoms with Crippen LogP contribution in [0.2, 0.25) is 0 Å². The van der Waals surface area contributed by atoms with Gasteiger partial charge in [0.25, 0.3) is 0 Å². The SMILES string of the molecule is Cc1cc(F)c(Br)cc1NCc1ccc(C(N)=O)cc1. The van der Waals surface area contributed by atoms with Gasteiger partial charge >= 0.3 is 0 Å². The van der Waals surface area contributed by atoms with Crippen molar-refractivity contribution in [1.29, 1.82) is 0 Å². The topological polar surface area (TPSA) is 55.1 Å². The van der Waals surface area contributed by atoms with Crippen LogP contribution in [0.15, 0.2) is 40.9 Å². The minimum Gasteiger partial charge on any atom is -0.381 e. The van der Waals surface area contributed by atoms with Gasteiger partial charge in [-0.1, -0.05) is 12.1 Å². The maximum atomic E-state index is 13.3. The third-order valence-electron chi connectivity index (χ3n) is 2.99. The van der Waals surface area contributed by atoms with E-state index in [2.05, 4.69) is 21.2 Å². The number of nitrogens with two attached hydrogens (primary N) is 1. The fraction of sp³-hybridized carbons (Fsp3) is 0.133. The number of hydrogen-bond donors (Lipinski definition) is 2. The van der Waals surface area contributed by atoms with Gasteiger partial charge in [-0.05, 0) is 58.2 Å². The number of benzene rings is 2. The number of nitrogens with one attached hydrogen (secondary N) is 1. The average Bonchev–Trinajstić information content (AvgIpc) is 2.42. The Morgan fingerprint density at radius 2 is 1.95 bits per heavy atom. The summed E-state index contributed by atoms with van der Waals surface area (Å²) in [6.45, 7) is 2.42. The molecular weight excluding hydrogens is 323 g/mol. The Balaban J connectivity index is 2.09. The molecule has 0 aliphatic heterocycles. The maximum absolute atomic E-state index is 13.3. The van der Waals surface area contributed by atoms with Gasteiger partial charge in [-0.3, -0.25) is 4.79 Å². The first-order chi connectivity index (χ1) is 9.47. The molecule has 0 aliphatic rings. The molecular formula is C15H14BrFN2O. The lowest BCUT2D eigenvalue weighted by atomic mass is 10.1. The van der Waals surface area contributed by atoms with Crippen molar-refractivity contribution < 1.29 is 9.18 Å². The van der Waals surface area contributed by atoms with Crippen molar-refractivity contribution in [2.24, 2.45) is 5.73 Å². The molecule has 20 heavy (non-hydrogen) atoms. The Morgan fingerprint density at radius 3 is 2.55 bits per heavy atom. The van der Waals surface area contributed by atoms with Crippen molar-refractivity contribution in [2.45, 2.75) is 13.5 Å². The van der Waals surface area contributed by atoms with Crippen LogP contribution in [0.3, 0.4) is 0 Å². The summed E-state index contributed by atoms with van der Waals surface area (Å²) < 4.78 is 13.8. The Kier molecular flexibility index (Phi) is 4.39. The zero-order valence-electron chi connectivity index (χ0n) is 10.9. The molecule has 2 aromatic carbocycles. The summed E-state index contributed by atoms with van der Waals surface area (Å²) in [5, 5.41) is 3.23. The van der Waals surface area contributed by atoms with Crippen LogP contribution in [0.4, 0.5) is 10.1 Å². The highest BCUT2D eigenvalue weighted by molar-refractivity contribution is 9.10. The Morgan fingerprint density at radius 1 is 1.30 bits per heavy atom. The van der Waals surface area contributed by atoms with Crippen molar-refractivity contribution in [1.82, 2.24) is 0 Å². The van der Waals surface area contributed by atoms with Crippen LogP contribution >= 0.6 is 15.9 Å². The van der Waals surface area contributed by atoms with Gasteiger partial charge in [-0.15, -0.1) is 0 Å². The lowest BCUT2D eigenvalue weighted by molar-refractivity contribution is 0.100. The fourth-order valence-electron chi connectivity index (χ4n) is 1.82. The second-order valence-electron chi connectivity index (χ2n) is 4.50. The van der Waals surface area contributed by atoms with Crippen LogP contribution in [0.5, 0.6) is 0 Å². The Bertz CT molecular complexity index is 641.